The molecule has 1 saturated carbocycles. The summed E-state index contributed by atoms with van der Waals surface area (Å²) in [6.07, 6.45) is 4.00. The summed E-state index contributed by atoms with van der Waals surface area (Å²) < 4.78 is 0. The minimum atomic E-state index is -0.756. The highest BCUT2D eigenvalue weighted by Gasteiger charge is 2.30. The fourth-order valence-corrected chi connectivity index (χ4v) is 2.87. The van der Waals surface area contributed by atoms with Gasteiger partial charge in [0.05, 0.1) is 5.92 Å². The Morgan fingerprint density at radius 3 is 2.72 bits per heavy atom. The van der Waals surface area contributed by atoms with Crippen LogP contribution in [0, 0.1) is 11.8 Å². The molecule has 0 aromatic heterocycles. The van der Waals surface area contributed by atoms with E-state index >= 15 is 0 Å². The first-order chi connectivity index (χ1) is 8.52. The molecule has 1 rings (SSSR count). The predicted octanol–water partition coefficient (Wildman–Crippen LogP) is 1.54. The van der Waals surface area contributed by atoms with Crippen molar-refractivity contribution < 1.29 is 14.7 Å². The van der Waals surface area contributed by atoms with E-state index in [4.69, 9.17) is 5.11 Å². The molecule has 0 aliphatic heterocycles. The first kappa shape index (κ1) is 15.1. The molecule has 3 unspecified atom stereocenters. The van der Waals surface area contributed by atoms with Gasteiger partial charge in [0.25, 0.3) is 0 Å². The molecule has 2 amide bonds. The topological polar surface area (TPSA) is 78.4 Å². The van der Waals surface area contributed by atoms with Crippen LogP contribution in [0.15, 0.2) is 0 Å². The van der Waals surface area contributed by atoms with Gasteiger partial charge < -0.3 is 15.7 Å². The van der Waals surface area contributed by atoms with Crippen molar-refractivity contribution in [1.82, 2.24) is 10.6 Å². The van der Waals surface area contributed by atoms with Crippen molar-refractivity contribution in [3.8, 4) is 0 Å². The summed E-state index contributed by atoms with van der Waals surface area (Å²) >= 11 is 1.76. The van der Waals surface area contributed by atoms with Crippen molar-refractivity contribution >= 4 is 23.8 Å². The SMILES string of the molecule is CSCC(C)CNC(=O)NC1CCC(C(=O)O)C1. The van der Waals surface area contributed by atoms with E-state index in [0.29, 0.717) is 25.3 Å². The maximum absolute atomic E-state index is 11.6. The van der Waals surface area contributed by atoms with Crippen molar-refractivity contribution in [2.24, 2.45) is 11.8 Å². The van der Waals surface area contributed by atoms with Gasteiger partial charge in [0.15, 0.2) is 0 Å². The molecular formula is C12H22N2O3S. The van der Waals surface area contributed by atoms with Gasteiger partial charge in [-0.2, -0.15) is 11.8 Å². The van der Waals surface area contributed by atoms with E-state index in [9.17, 15) is 9.59 Å². The van der Waals surface area contributed by atoms with Crippen LogP contribution in [0.25, 0.3) is 0 Å². The van der Waals surface area contributed by atoms with Crippen LogP contribution < -0.4 is 10.6 Å². The molecule has 0 heterocycles. The second kappa shape index (κ2) is 7.51. The van der Waals surface area contributed by atoms with Crippen LogP contribution in [0.5, 0.6) is 0 Å². The zero-order chi connectivity index (χ0) is 13.5. The van der Waals surface area contributed by atoms with Crippen LogP contribution in [0.1, 0.15) is 26.2 Å². The van der Waals surface area contributed by atoms with Gasteiger partial charge in [-0.25, -0.2) is 4.79 Å². The van der Waals surface area contributed by atoms with E-state index in [2.05, 4.69) is 17.6 Å². The molecule has 5 nitrogen and oxygen atoms in total. The zero-order valence-corrected chi connectivity index (χ0v) is 11.8. The molecule has 0 saturated heterocycles. The molecule has 1 fully saturated rings. The third kappa shape index (κ3) is 5.16. The van der Waals surface area contributed by atoms with Crippen LogP contribution in [0.3, 0.4) is 0 Å². The number of thioether (sulfide) groups is 1. The lowest BCUT2D eigenvalue weighted by atomic mass is 10.1. The number of aliphatic carboxylic acids is 1. The highest BCUT2D eigenvalue weighted by molar-refractivity contribution is 7.98. The number of rotatable bonds is 6. The Labute approximate surface area is 112 Å². The van der Waals surface area contributed by atoms with Gasteiger partial charge in [0, 0.05) is 12.6 Å². The summed E-state index contributed by atoms with van der Waals surface area (Å²) in [4.78, 5) is 22.4. The van der Waals surface area contributed by atoms with Crippen LogP contribution in [-0.4, -0.2) is 41.7 Å². The maximum atomic E-state index is 11.6. The third-order valence-electron chi connectivity index (χ3n) is 3.18. The first-order valence-electron chi connectivity index (χ1n) is 6.29. The average Bonchev–Trinajstić information content (AvgIpc) is 2.75. The molecule has 6 heteroatoms. The highest BCUT2D eigenvalue weighted by Crippen LogP contribution is 2.25. The minimum absolute atomic E-state index is 0.00181. The lowest BCUT2D eigenvalue weighted by Crippen LogP contribution is -2.42. The Morgan fingerprint density at radius 2 is 2.17 bits per heavy atom. The Bertz CT molecular complexity index is 299. The van der Waals surface area contributed by atoms with E-state index < -0.39 is 5.97 Å². The van der Waals surface area contributed by atoms with Crippen LogP contribution in [0.2, 0.25) is 0 Å². The Hall–Kier alpha value is -0.910. The van der Waals surface area contributed by atoms with E-state index in [1.165, 1.54) is 0 Å². The van der Waals surface area contributed by atoms with E-state index in [0.717, 1.165) is 12.2 Å². The standard InChI is InChI=1S/C12H22N2O3S/c1-8(7-18-2)6-13-12(17)14-10-4-3-9(5-10)11(15)16/h8-10H,3-7H2,1-2H3,(H,15,16)(H2,13,14,17). The average molecular weight is 274 g/mol. The number of carboxylic acids is 1. The van der Waals surface area contributed by atoms with E-state index in [-0.39, 0.29) is 18.0 Å². The molecule has 1 aliphatic rings. The number of urea groups is 1. The third-order valence-corrected chi connectivity index (χ3v) is 4.08. The molecule has 1 aliphatic carbocycles. The lowest BCUT2D eigenvalue weighted by Gasteiger charge is -2.15. The van der Waals surface area contributed by atoms with Crippen molar-refractivity contribution in [2.75, 3.05) is 18.6 Å². The van der Waals surface area contributed by atoms with Crippen molar-refractivity contribution in [3.05, 3.63) is 0 Å². The first-order valence-corrected chi connectivity index (χ1v) is 7.68. The van der Waals surface area contributed by atoms with E-state index in [1.54, 1.807) is 11.8 Å². The summed E-state index contributed by atoms with van der Waals surface area (Å²) in [7, 11) is 0. The molecule has 0 aromatic rings. The predicted molar refractivity (Wildman–Crippen MR) is 72.8 cm³/mol. The van der Waals surface area contributed by atoms with Crippen molar-refractivity contribution in [2.45, 2.75) is 32.2 Å². The fourth-order valence-electron chi connectivity index (χ4n) is 2.18. The van der Waals surface area contributed by atoms with Crippen LogP contribution in [-0.2, 0) is 4.79 Å². The number of carbonyl (C=O) groups excluding carboxylic acids is 1. The Balaban J connectivity index is 2.19. The number of hydrogen-bond acceptors (Lipinski definition) is 3. The summed E-state index contributed by atoms with van der Waals surface area (Å²) in [6.45, 7) is 2.74. The second-order valence-corrected chi connectivity index (χ2v) is 5.87. The van der Waals surface area contributed by atoms with Gasteiger partial charge in [-0.3, -0.25) is 4.79 Å². The summed E-state index contributed by atoms with van der Waals surface area (Å²) in [6, 6.07) is -0.180. The normalized spacial score (nSPS) is 24.6. The summed E-state index contributed by atoms with van der Waals surface area (Å²) in [5.41, 5.74) is 0. The van der Waals surface area contributed by atoms with Crippen LogP contribution >= 0.6 is 11.8 Å². The smallest absolute Gasteiger partial charge is 0.315 e. The molecule has 0 aromatic carbocycles. The number of carboxylic acid groups (broad SMARTS) is 1. The largest absolute Gasteiger partial charge is 0.481 e. The van der Waals surface area contributed by atoms with Gasteiger partial charge in [-0.1, -0.05) is 6.92 Å². The highest BCUT2D eigenvalue weighted by atomic mass is 32.2. The fraction of sp³-hybridized carbons (Fsp3) is 0.833. The molecule has 0 bridgehead atoms. The monoisotopic (exact) mass is 274 g/mol. The minimum Gasteiger partial charge on any atom is -0.481 e. The second-order valence-electron chi connectivity index (χ2n) is 4.96. The molecule has 104 valence electrons. The quantitative estimate of drug-likeness (QED) is 0.686. The summed E-state index contributed by atoms with van der Waals surface area (Å²) in [5, 5.41) is 14.5. The molecule has 3 atom stereocenters. The number of nitrogens with one attached hydrogen (secondary N) is 2. The molecule has 0 radical (unpaired) electrons. The number of amides is 2. The summed E-state index contributed by atoms with van der Waals surface area (Å²) in [5.74, 6) is 0.408. The lowest BCUT2D eigenvalue weighted by molar-refractivity contribution is -0.141. The van der Waals surface area contributed by atoms with Gasteiger partial charge in [-0.15, -0.1) is 0 Å². The van der Waals surface area contributed by atoms with Gasteiger partial charge in [0.1, 0.15) is 0 Å². The molecule has 0 spiro atoms. The number of hydrogen-bond donors (Lipinski definition) is 3. The van der Waals surface area contributed by atoms with E-state index in [1.807, 2.05) is 6.26 Å². The zero-order valence-electron chi connectivity index (χ0n) is 10.9. The maximum Gasteiger partial charge on any atom is 0.315 e. The van der Waals surface area contributed by atoms with Crippen molar-refractivity contribution in [1.29, 1.82) is 0 Å². The van der Waals surface area contributed by atoms with Gasteiger partial charge in [0.2, 0.25) is 0 Å². The van der Waals surface area contributed by atoms with Crippen molar-refractivity contribution in [3.63, 3.8) is 0 Å². The molecule has 18 heavy (non-hydrogen) atoms. The Morgan fingerprint density at radius 1 is 1.44 bits per heavy atom. The molecule has 3 N–H and O–H groups in total. The molecular weight excluding hydrogens is 252 g/mol. The Kier molecular flexibility index (Phi) is 6.32. The van der Waals surface area contributed by atoms with Gasteiger partial charge >= 0.3 is 12.0 Å². The number of carbonyl (C=O) groups is 2. The van der Waals surface area contributed by atoms with Crippen LogP contribution in [0.4, 0.5) is 4.79 Å². The van der Waals surface area contributed by atoms with Gasteiger partial charge in [-0.05, 0) is 37.2 Å².